The molecule has 1 aliphatic carbocycles. The van der Waals surface area contributed by atoms with E-state index in [1.165, 1.54) is 44.5 Å². The summed E-state index contributed by atoms with van der Waals surface area (Å²) in [6, 6.07) is 0. The molecule has 1 rings (SSSR count). The van der Waals surface area contributed by atoms with Crippen LogP contribution in [0.2, 0.25) is 0 Å². The fourth-order valence-corrected chi connectivity index (χ4v) is 3.76. The third-order valence-electron chi connectivity index (χ3n) is 4.33. The number of nitrogens with one attached hydrogen (secondary N) is 1. The Morgan fingerprint density at radius 1 is 1.28 bits per heavy atom. The first-order valence-electron chi connectivity index (χ1n) is 7.64. The largest absolute Gasteiger partial charge is 0.316 e. The van der Waals surface area contributed by atoms with Crippen LogP contribution in [-0.2, 0) is 0 Å². The first kappa shape index (κ1) is 16.4. The zero-order valence-electron chi connectivity index (χ0n) is 13.1. The van der Waals surface area contributed by atoms with Crippen molar-refractivity contribution in [3.63, 3.8) is 0 Å². The summed E-state index contributed by atoms with van der Waals surface area (Å²) in [5.41, 5.74) is 0.581. The summed E-state index contributed by atoms with van der Waals surface area (Å²) in [5.74, 6) is 3.97. The Morgan fingerprint density at radius 3 is 2.61 bits per heavy atom. The minimum Gasteiger partial charge on any atom is -0.316 e. The van der Waals surface area contributed by atoms with Crippen LogP contribution in [0.15, 0.2) is 0 Å². The lowest BCUT2D eigenvalue weighted by Crippen LogP contribution is -2.37. The molecule has 1 saturated carbocycles. The van der Waals surface area contributed by atoms with Crippen LogP contribution in [0.25, 0.3) is 0 Å². The monoisotopic (exact) mass is 271 g/mol. The van der Waals surface area contributed by atoms with Crippen LogP contribution in [0, 0.1) is 23.2 Å². The number of rotatable bonds is 7. The van der Waals surface area contributed by atoms with Gasteiger partial charge in [-0.1, -0.05) is 27.7 Å². The maximum absolute atomic E-state index is 3.68. The lowest BCUT2D eigenvalue weighted by Gasteiger charge is -2.41. The molecule has 0 radical (unpaired) electrons. The quantitative estimate of drug-likeness (QED) is 0.735. The van der Waals surface area contributed by atoms with Gasteiger partial charge in [0.15, 0.2) is 0 Å². The van der Waals surface area contributed by atoms with Gasteiger partial charge in [-0.05, 0) is 74.0 Å². The summed E-state index contributed by atoms with van der Waals surface area (Å²) in [6.07, 6.45) is 7.92. The molecule has 2 unspecified atom stereocenters. The molecule has 0 amide bonds. The van der Waals surface area contributed by atoms with Crippen LogP contribution in [0.4, 0.5) is 0 Å². The van der Waals surface area contributed by atoms with Crippen molar-refractivity contribution in [3.8, 4) is 0 Å². The molecule has 0 bridgehead atoms. The molecule has 1 nitrogen and oxygen atoms in total. The fraction of sp³-hybridized carbons (Fsp3) is 1.00. The second-order valence-electron chi connectivity index (χ2n) is 7.26. The van der Waals surface area contributed by atoms with E-state index >= 15 is 0 Å². The van der Waals surface area contributed by atoms with Gasteiger partial charge in [0.25, 0.3) is 0 Å². The van der Waals surface area contributed by atoms with E-state index in [1.54, 1.807) is 0 Å². The molecule has 1 aliphatic rings. The zero-order valence-corrected chi connectivity index (χ0v) is 13.9. The van der Waals surface area contributed by atoms with Gasteiger partial charge in [-0.3, -0.25) is 0 Å². The highest BCUT2D eigenvalue weighted by Crippen LogP contribution is 2.43. The normalized spacial score (nSPS) is 27.7. The van der Waals surface area contributed by atoms with Crippen LogP contribution >= 0.6 is 11.8 Å². The topological polar surface area (TPSA) is 12.0 Å². The summed E-state index contributed by atoms with van der Waals surface area (Å²) in [4.78, 5) is 0. The van der Waals surface area contributed by atoms with Gasteiger partial charge in [-0.25, -0.2) is 0 Å². The number of thioether (sulfide) groups is 1. The lowest BCUT2D eigenvalue weighted by molar-refractivity contribution is 0.113. The lowest BCUT2D eigenvalue weighted by atomic mass is 9.66. The fourth-order valence-electron chi connectivity index (χ4n) is 3.22. The Kier molecular flexibility index (Phi) is 7.08. The molecule has 0 saturated heterocycles. The van der Waals surface area contributed by atoms with Crippen molar-refractivity contribution in [2.75, 3.05) is 25.1 Å². The van der Waals surface area contributed by atoms with Crippen molar-refractivity contribution < 1.29 is 0 Å². The van der Waals surface area contributed by atoms with Crippen LogP contribution in [0.3, 0.4) is 0 Å². The molecule has 18 heavy (non-hydrogen) atoms. The molecule has 108 valence electrons. The molecular formula is C16H33NS. The molecule has 0 aromatic heterocycles. The van der Waals surface area contributed by atoms with Crippen LogP contribution in [0.5, 0.6) is 0 Å². The number of hydrogen-bond donors (Lipinski definition) is 1. The standard InChI is InChI=1S/C16H33NS/c1-13(2)11-17-12-15-6-8-16(3,4)10-14(15)7-9-18-5/h13-15,17H,6-12H2,1-5H3. The summed E-state index contributed by atoms with van der Waals surface area (Å²) < 4.78 is 0. The molecular weight excluding hydrogens is 238 g/mol. The smallest absolute Gasteiger partial charge is 0.00177 e. The van der Waals surface area contributed by atoms with E-state index in [0.29, 0.717) is 5.41 Å². The molecule has 0 heterocycles. The summed E-state index contributed by atoms with van der Waals surface area (Å²) in [7, 11) is 0. The van der Waals surface area contributed by atoms with Crippen LogP contribution < -0.4 is 5.32 Å². The Hall–Kier alpha value is 0.310. The van der Waals surface area contributed by atoms with Gasteiger partial charge in [-0.2, -0.15) is 11.8 Å². The van der Waals surface area contributed by atoms with Gasteiger partial charge in [0.05, 0.1) is 0 Å². The average molecular weight is 272 g/mol. The van der Waals surface area contributed by atoms with Crippen molar-refractivity contribution in [2.24, 2.45) is 23.2 Å². The maximum atomic E-state index is 3.68. The Bertz CT molecular complexity index is 225. The van der Waals surface area contributed by atoms with Crippen LogP contribution in [0.1, 0.15) is 53.4 Å². The second-order valence-corrected chi connectivity index (χ2v) is 8.25. The van der Waals surface area contributed by atoms with Gasteiger partial charge in [0, 0.05) is 0 Å². The van der Waals surface area contributed by atoms with Crippen molar-refractivity contribution >= 4 is 11.8 Å². The number of hydrogen-bond acceptors (Lipinski definition) is 2. The van der Waals surface area contributed by atoms with Crippen LogP contribution in [-0.4, -0.2) is 25.1 Å². The molecule has 2 heteroatoms. The average Bonchev–Trinajstić information content (AvgIpc) is 2.28. The predicted octanol–water partition coefficient (Wildman–Crippen LogP) is 4.43. The van der Waals surface area contributed by atoms with Gasteiger partial charge in [0.1, 0.15) is 0 Å². The summed E-state index contributed by atoms with van der Waals surface area (Å²) in [6.45, 7) is 11.9. The van der Waals surface area contributed by atoms with Gasteiger partial charge < -0.3 is 5.32 Å². The van der Waals surface area contributed by atoms with Crippen molar-refractivity contribution in [1.82, 2.24) is 5.32 Å². The maximum Gasteiger partial charge on any atom is -0.00177 e. The minimum atomic E-state index is 0.581. The molecule has 0 spiro atoms. The van der Waals surface area contributed by atoms with Gasteiger partial charge >= 0.3 is 0 Å². The first-order chi connectivity index (χ1) is 8.44. The minimum absolute atomic E-state index is 0.581. The van der Waals surface area contributed by atoms with E-state index in [2.05, 4.69) is 39.3 Å². The molecule has 0 aliphatic heterocycles. The van der Waals surface area contributed by atoms with Crippen molar-refractivity contribution in [3.05, 3.63) is 0 Å². The van der Waals surface area contributed by atoms with Gasteiger partial charge in [0.2, 0.25) is 0 Å². The molecule has 0 aromatic carbocycles. The Balaban J connectivity index is 2.42. The second kappa shape index (κ2) is 7.79. The van der Waals surface area contributed by atoms with Crippen molar-refractivity contribution in [2.45, 2.75) is 53.4 Å². The zero-order chi connectivity index (χ0) is 13.6. The third-order valence-corrected chi connectivity index (χ3v) is 4.97. The van der Waals surface area contributed by atoms with Gasteiger partial charge in [-0.15, -0.1) is 0 Å². The summed E-state index contributed by atoms with van der Waals surface area (Å²) >= 11 is 2.01. The van der Waals surface area contributed by atoms with E-state index in [0.717, 1.165) is 17.8 Å². The first-order valence-corrected chi connectivity index (χ1v) is 9.03. The Labute approximate surface area is 119 Å². The van der Waals surface area contributed by atoms with E-state index in [1.807, 2.05) is 11.8 Å². The van der Waals surface area contributed by atoms with E-state index in [4.69, 9.17) is 0 Å². The highest BCUT2D eigenvalue weighted by Gasteiger charge is 2.34. The molecule has 2 atom stereocenters. The van der Waals surface area contributed by atoms with E-state index in [-0.39, 0.29) is 0 Å². The molecule has 1 N–H and O–H groups in total. The summed E-state index contributed by atoms with van der Waals surface area (Å²) in [5, 5.41) is 3.68. The Morgan fingerprint density at radius 2 is 2.00 bits per heavy atom. The molecule has 1 fully saturated rings. The SMILES string of the molecule is CSCCC1CC(C)(C)CCC1CNCC(C)C. The van der Waals surface area contributed by atoms with E-state index in [9.17, 15) is 0 Å². The molecule has 0 aromatic rings. The van der Waals surface area contributed by atoms with E-state index < -0.39 is 0 Å². The highest BCUT2D eigenvalue weighted by atomic mass is 32.2. The third kappa shape index (κ3) is 5.97. The predicted molar refractivity (Wildman–Crippen MR) is 85.3 cm³/mol. The highest BCUT2D eigenvalue weighted by molar-refractivity contribution is 7.98. The van der Waals surface area contributed by atoms with Crippen molar-refractivity contribution in [1.29, 1.82) is 0 Å².